The fourth-order valence-corrected chi connectivity index (χ4v) is 1.76. The fraction of sp³-hybridized carbons (Fsp3) is 0.462. The van der Waals surface area contributed by atoms with Gasteiger partial charge in [-0.2, -0.15) is 0 Å². The van der Waals surface area contributed by atoms with Crippen LogP contribution >= 0.6 is 0 Å². The Morgan fingerprint density at radius 3 is 2.88 bits per heavy atom. The van der Waals surface area contributed by atoms with Gasteiger partial charge in [0.2, 0.25) is 5.91 Å². The maximum absolute atomic E-state index is 11.7. The molecule has 1 aliphatic heterocycles. The normalized spacial score (nSPS) is 15.2. The monoisotopic (exact) mass is 235 g/mol. The first-order chi connectivity index (χ1) is 8.19. The summed E-state index contributed by atoms with van der Waals surface area (Å²) in [6.07, 6.45) is 0.382. The summed E-state index contributed by atoms with van der Waals surface area (Å²) in [5, 5.41) is 2.91. The lowest BCUT2D eigenvalue weighted by Crippen LogP contribution is -2.49. The number of amides is 1. The molecular formula is C13H17NO3. The number of carbonyl (C=O) groups excluding carboxylic acids is 1. The van der Waals surface area contributed by atoms with Crippen LogP contribution in [0.2, 0.25) is 0 Å². The molecule has 0 aromatic heterocycles. The summed E-state index contributed by atoms with van der Waals surface area (Å²) in [4.78, 5) is 11.7. The van der Waals surface area contributed by atoms with Crippen LogP contribution in [0.3, 0.4) is 0 Å². The van der Waals surface area contributed by atoms with E-state index in [0.29, 0.717) is 19.6 Å². The zero-order valence-electron chi connectivity index (χ0n) is 10.2. The molecule has 1 saturated heterocycles. The molecule has 1 fully saturated rings. The van der Waals surface area contributed by atoms with Crippen LogP contribution in [0, 0.1) is 6.92 Å². The van der Waals surface area contributed by atoms with Crippen LogP contribution < -0.4 is 10.1 Å². The van der Waals surface area contributed by atoms with Crippen molar-refractivity contribution in [3.63, 3.8) is 0 Å². The molecule has 1 N–H and O–H groups in total. The molecule has 17 heavy (non-hydrogen) atoms. The molecular weight excluding hydrogens is 218 g/mol. The third kappa shape index (κ3) is 2.97. The van der Waals surface area contributed by atoms with Crippen molar-refractivity contribution >= 4 is 5.91 Å². The molecule has 4 nitrogen and oxygen atoms in total. The molecule has 0 spiro atoms. The van der Waals surface area contributed by atoms with Crippen molar-refractivity contribution < 1.29 is 14.3 Å². The zero-order valence-corrected chi connectivity index (χ0v) is 10.2. The van der Waals surface area contributed by atoms with Gasteiger partial charge in [0.05, 0.1) is 32.8 Å². The average Bonchev–Trinajstić information content (AvgIpc) is 2.26. The Morgan fingerprint density at radius 2 is 2.29 bits per heavy atom. The number of rotatable bonds is 4. The molecule has 1 aromatic carbocycles. The van der Waals surface area contributed by atoms with Gasteiger partial charge in [0, 0.05) is 0 Å². The number of aryl methyl sites for hydroxylation is 1. The maximum Gasteiger partial charge on any atom is 0.224 e. The molecule has 0 atom stereocenters. The Hall–Kier alpha value is -1.55. The highest BCUT2D eigenvalue weighted by atomic mass is 16.5. The lowest BCUT2D eigenvalue weighted by Gasteiger charge is -2.26. The van der Waals surface area contributed by atoms with Gasteiger partial charge in [-0.25, -0.2) is 0 Å². The van der Waals surface area contributed by atoms with E-state index in [1.165, 1.54) is 0 Å². The molecule has 1 amide bonds. The SMILES string of the molecule is COc1cc(CC(=O)NC2COC2)ccc1C. The first kappa shape index (κ1) is 11.9. The van der Waals surface area contributed by atoms with E-state index in [9.17, 15) is 4.79 Å². The van der Waals surface area contributed by atoms with Gasteiger partial charge >= 0.3 is 0 Å². The summed E-state index contributed by atoms with van der Waals surface area (Å²) in [7, 11) is 1.64. The van der Waals surface area contributed by atoms with E-state index in [1.807, 2.05) is 25.1 Å². The van der Waals surface area contributed by atoms with Gasteiger partial charge in [0.15, 0.2) is 0 Å². The number of carbonyl (C=O) groups is 1. The topological polar surface area (TPSA) is 47.6 Å². The summed E-state index contributed by atoms with van der Waals surface area (Å²) in [5.41, 5.74) is 2.04. The molecule has 1 aromatic rings. The van der Waals surface area contributed by atoms with Gasteiger partial charge in [-0.05, 0) is 24.1 Å². The lowest BCUT2D eigenvalue weighted by molar-refractivity contribution is -0.124. The third-order valence-corrected chi connectivity index (χ3v) is 2.84. The summed E-state index contributed by atoms with van der Waals surface area (Å²) >= 11 is 0. The van der Waals surface area contributed by atoms with Gasteiger partial charge in [-0.3, -0.25) is 4.79 Å². The first-order valence-electron chi connectivity index (χ1n) is 5.69. The van der Waals surface area contributed by atoms with Gasteiger partial charge in [0.25, 0.3) is 0 Å². The van der Waals surface area contributed by atoms with Crippen LogP contribution in [0.5, 0.6) is 5.75 Å². The predicted molar refractivity (Wildman–Crippen MR) is 64.2 cm³/mol. The third-order valence-electron chi connectivity index (χ3n) is 2.84. The Bertz CT molecular complexity index is 413. The van der Waals surface area contributed by atoms with Crippen molar-refractivity contribution in [2.24, 2.45) is 0 Å². The second-order valence-corrected chi connectivity index (χ2v) is 4.28. The minimum Gasteiger partial charge on any atom is -0.496 e. The number of nitrogens with one attached hydrogen (secondary N) is 1. The van der Waals surface area contributed by atoms with E-state index < -0.39 is 0 Å². The molecule has 0 radical (unpaired) electrons. The van der Waals surface area contributed by atoms with Crippen LogP contribution in [0.25, 0.3) is 0 Å². The van der Waals surface area contributed by atoms with Gasteiger partial charge < -0.3 is 14.8 Å². The minimum atomic E-state index is 0.0317. The summed E-state index contributed by atoms with van der Waals surface area (Å²) in [6.45, 7) is 3.24. The van der Waals surface area contributed by atoms with E-state index in [-0.39, 0.29) is 11.9 Å². The average molecular weight is 235 g/mol. The molecule has 4 heteroatoms. The van der Waals surface area contributed by atoms with E-state index >= 15 is 0 Å². The summed E-state index contributed by atoms with van der Waals surface area (Å²) < 4.78 is 10.2. The Morgan fingerprint density at radius 1 is 1.53 bits per heavy atom. The van der Waals surface area contributed by atoms with Crippen LogP contribution in [-0.4, -0.2) is 32.3 Å². The van der Waals surface area contributed by atoms with Crippen LogP contribution in [0.1, 0.15) is 11.1 Å². The van der Waals surface area contributed by atoms with E-state index in [4.69, 9.17) is 9.47 Å². The minimum absolute atomic E-state index is 0.0317. The predicted octanol–water partition coefficient (Wildman–Crippen LogP) is 1.06. The highest BCUT2D eigenvalue weighted by Gasteiger charge is 2.20. The number of benzene rings is 1. The zero-order chi connectivity index (χ0) is 12.3. The maximum atomic E-state index is 11.7. The Kier molecular flexibility index (Phi) is 3.64. The number of methoxy groups -OCH3 is 1. The number of hydrogen-bond acceptors (Lipinski definition) is 3. The summed E-state index contributed by atoms with van der Waals surface area (Å²) in [5.74, 6) is 0.853. The second-order valence-electron chi connectivity index (χ2n) is 4.28. The molecule has 0 unspecified atom stereocenters. The number of ether oxygens (including phenoxy) is 2. The molecule has 92 valence electrons. The van der Waals surface area contributed by atoms with Crippen molar-refractivity contribution in [1.82, 2.24) is 5.32 Å². The first-order valence-corrected chi connectivity index (χ1v) is 5.69. The summed E-state index contributed by atoms with van der Waals surface area (Å²) in [6, 6.07) is 6.02. The molecule has 1 aliphatic rings. The Balaban J connectivity index is 1.95. The van der Waals surface area contributed by atoms with Crippen LogP contribution in [-0.2, 0) is 16.0 Å². The molecule has 2 rings (SSSR count). The van der Waals surface area contributed by atoms with Crippen molar-refractivity contribution in [2.75, 3.05) is 20.3 Å². The van der Waals surface area contributed by atoms with Crippen LogP contribution in [0.4, 0.5) is 0 Å². The number of hydrogen-bond donors (Lipinski definition) is 1. The van der Waals surface area contributed by atoms with Crippen molar-refractivity contribution in [2.45, 2.75) is 19.4 Å². The molecule has 0 saturated carbocycles. The Labute approximate surface area is 101 Å². The van der Waals surface area contributed by atoms with Crippen molar-refractivity contribution in [3.8, 4) is 5.75 Å². The highest BCUT2D eigenvalue weighted by Crippen LogP contribution is 2.19. The molecule has 0 aliphatic carbocycles. The standard InChI is InChI=1S/C13H17NO3/c1-9-3-4-10(5-12(9)16-2)6-13(15)14-11-7-17-8-11/h3-5,11H,6-8H2,1-2H3,(H,14,15). The smallest absolute Gasteiger partial charge is 0.224 e. The van der Waals surface area contributed by atoms with Crippen molar-refractivity contribution in [1.29, 1.82) is 0 Å². The van der Waals surface area contributed by atoms with E-state index in [1.54, 1.807) is 7.11 Å². The second kappa shape index (κ2) is 5.19. The highest BCUT2D eigenvalue weighted by molar-refractivity contribution is 5.79. The lowest BCUT2D eigenvalue weighted by atomic mass is 10.1. The molecule has 0 bridgehead atoms. The van der Waals surface area contributed by atoms with Gasteiger partial charge in [-0.15, -0.1) is 0 Å². The van der Waals surface area contributed by atoms with Gasteiger partial charge in [0.1, 0.15) is 5.75 Å². The van der Waals surface area contributed by atoms with E-state index in [0.717, 1.165) is 16.9 Å². The largest absolute Gasteiger partial charge is 0.496 e. The van der Waals surface area contributed by atoms with Crippen LogP contribution in [0.15, 0.2) is 18.2 Å². The van der Waals surface area contributed by atoms with Crippen molar-refractivity contribution in [3.05, 3.63) is 29.3 Å². The fourth-order valence-electron chi connectivity index (χ4n) is 1.76. The van der Waals surface area contributed by atoms with E-state index in [2.05, 4.69) is 5.32 Å². The molecule has 1 heterocycles. The van der Waals surface area contributed by atoms with Gasteiger partial charge in [-0.1, -0.05) is 12.1 Å². The quantitative estimate of drug-likeness (QED) is 0.849.